The Morgan fingerprint density at radius 2 is 1.58 bits per heavy atom. The first-order valence-corrected chi connectivity index (χ1v) is 22.2. The summed E-state index contributed by atoms with van der Waals surface area (Å²) in [5.41, 5.74) is 2.45. The summed E-state index contributed by atoms with van der Waals surface area (Å²) in [4.78, 5) is 74.2. The van der Waals surface area contributed by atoms with Crippen molar-refractivity contribution < 1.29 is 51.7 Å². The third kappa shape index (κ3) is 10.5. The molecule has 4 aromatic rings. The first-order chi connectivity index (χ1) is 31.4. The van der Waals surface area contributed by atoms with Crippen LogP contribution in [0.5, 0.6) is 0 Å². The highest BCUT2D eigenvalue weighted by molar-refractivity contribution is 6.25. The van der Waals surface area contributed by atoms with Crippen molar-refractivity contribution in [2.45, 2.75) is 63.3 Å². The molecule has 4 heterocycles. The summed E-state index contributed by atoms with van der Waals surface area (Å²) in [5.74, 6) is -2.38. The highest BCUT2D eigenvalue weighted by Gasteiger charge is 2.45. The first kappa shape index (κ1) is 45.8. The zero-order valence-electron chi connectivity index (χ0n) is 35.9. The molecular formula is C46H53F3N8O8. The van der Waals surface area contributed by atoms with Gasteiger partial charge in [0.1, 0.15) is 6.04 Å². The Kier molecular flexibility index (Phi) is 14.2. The van der Waals surface area contributed by atoms with Crippen LogP contribution < -0.4 is 16.0 Å². The van der Waals surface area contributed by atoms with Gasteiger partial charge in [0, 0.05) is 76.1 Å². The normalized spacial score (nSPS) is 20.9. The minimum atomic E-state index is -4.58. The second-order valence-corrected chi connectivity index (χ2v) is 17.0. The number of piperidine rings is 1. The number of aromatic nitrogens is 2. The van der Waals surface area contributed by atoms with E-state index < -0.39 is 47.3 Å². The van der Waals surface area contributed by atoms with E-state index in [2.05, 4.69) is 31.8 Å². The molecule has 1 aliphatic carbocycles. The Balaban J connectivity index is 0.763. The van der Waals surface area contributed by atoms with Crippen molar-refractivity contribution in [1.82, 2.24) is 29.6 Å². The highest BCUT2D eigenvalue weighted by Crippen LogP contribution is 2.38. The molecule has 4 N–H and O–H groups in total. The lowest BCUT2D eigenvalue weighted by atomic mass is 9.86. The minimum absolute atomic E-state index is 0.00631. The number of amides is 5. The molecule has 346 valence electrons. The number of nitrogens with one attached hydrogen (secondary N) is 3. The molecule has 16 nitrogen and oxygen atoms in total. The van der Waals surface area contributed by atoms with Crippen molar-refractivity contribution in [2.24, 2.45) is 5.92 Å². The van der Waals surface area contributed by atoms with E-state index in [0.717, 1.165) is 86.5 Å². The van der Waals surface area contributed by atoms with Gasteiger partial charge in [-0.25, -0.2) is 4.98 Å². The zero-order chi connectivity index (χ0) is 45.7. The molecule has 5 amide bonds. The quantitative estimate of drug-likeness (QED) is 0.0848. The van der Waals surface area contributed by atoms with Gasteiger partial charge >= 0.3 is 6.18 Å². The fraction of sp³-hybridized carbons (Fsp3) is 0.478. The highest BCUT2D eigenvalue weighted by atomic mass is 19.4. The summed E-state index contributed by atoms with van der Waals surface area (Å²) in [5, 5.41) is 17.9. The maximum atomic E-state index is 13.4. The topological polar surface area (TPSA) is 188 Å². The van der Waals surface area contributed by atoms with E-state index >= 15 is 0 Å². The van der Waals surface area contributed by atoms with E-state index in [1.54, 1.807) is 18.2 Å². The maximum Gasteiger partial charge on any atom is 0.416 e. The largest absolute Gasteiger partial charge is 0.416 e. The lowest BCUT2D eigenvalue weighted by Crippen LogP contribution is -2.54. The number of halogens is 3. The Labute approximate surface area is 373 Å². The molecule has 0 spiro atoms. The Bertz CT molecular complexity index is 2410. The molecule has 2 saturated heterocycles. The molecule has 0 bridgehead atoms. The second kappa shape index (κ2) is 20.2. The van der Waals surface area contributed by atoms with Crippen LogP contribution in [0.4, 0.5) is 24.8 Å². The number of ether oxygens (including phenoxy) is 2. The van der Waals surface area contributed by atoms with E-state index in [4.69, 9.17) is 14.5 Å². The molecule has 1 aromatic heterocycles. The van der Waals surface area contributed by atoms with Crippen LogP contribution in [-0.2, 0) is 31.8 Å². The van der Waals surface area contributed by atoms with Gasteiger partial charge in [0.15, 0.2) is 0 Å². The van der Waals surface area contributed by atoms with Gasteiger partial charge in [-0.1, -0.05) is 18.2 Å². The number of imide groups is 2. The van der Waals surface area contributed by atoms with Gasteiger partial charge in [-0.2, -0.15) is 13.2 Å². The average molecular weight is 903 g/mol. The number of rotatable bonds is 17. The molecule has 65 heavy (non-hydrogen) atoms. The number of carbonyl (C=O) groups excluding carboxylic acids is 5. The summed E-state index contributed by atoms with van der Waals surface area (Å²) in [6, 6.07) is 14.3. The van der Waals surface area contributed by atoms with Crippen molar-refractivity contribution in [1.29, 1.82) is 0 Å². The van der Waals surface area contributed by atoms with Crippen LogP contribution in [0.2, 0.25) is 0 Å². The molecule has 4 aliphatic rings. The molecule has 3 aliphatic heterocycles. The molecule has 0 radical (unpaired) electrons. The second-order valence-electron chi connectivity index (χ2n) is 17.0. The van der Waals surface area contributed by atoms with Crippen LogP contribution in [0.1, 0.15) is 86.8 Å². The smallest absolute Gasteiger partial charge is 0.396 e. The molecule has 3 fully saturated rings. The summed E-state index contributed by atoms with van der Waals surface area (Å²) >= 11 is 0. The van der Waals surface area contributed by atoms with Crippen molar-refractivity contribution in [2.75, 3.05) is 82.9 Å². The molecule has 1 atom stereocenters. The number of imidazole rings is 1. The molecular weight excluding hydrogens is 850 g/mol. The third-order valence-corrected chi connectivity index (χ3v) is 12.7. The Hall–Kier alpha value is -5.73. The number of piperazine rings is 1. The maximum absolute atomic E-state index is 13.4. The fourth-order valence-electron chi connectivity index (χ4n) is 9.16. The summed E-state index contributed by atoms with van der Waals surface area (Å²) in [6.45, 7) is 7.08. The van der Waals surface area contributed by atoms with Crippen molar-refractivity contribution in [3.05, 3.63) is 88.5 Å². The number of hydrogen-bond acceptors (Lipinski definition) is 12. The van der Waals surface area contributed by atoms with Gasteiger partial charge in [-0.05, 0) is 86.1 Å². The number of benzene rings is 3. The van der Waals surface area contributed by atoms with Gasteiger partial charge < -0.3 is 24.5 Å². The van der Waals surface area contributed by atoms with Gasteiger partial charge in [0.05, 0.1) is 54.2 Å². The van der Waals surface area contributed by atoms with E-state index in [1.165, 1.54) is 12.1 Å². The van der Waals surface area contributed by atoms with Gasteiger partial charge in [0.25, 0.3) is 17.7 Å². The number of aliphatic hydroxyl groups excluding tert-OH is 1. The molecule has 1 saturated carbocycles. The third-order valence-electron chi connectivity index (χ3n) is 12.7. The van der Waals surface area contributed by atoms with Crippen molar-refractivity contribution in [3.63, 3.8) is 0 Å². The molecule has 3 aromatic carbocycles. The SMILES string of the molecule is O=C1CCC(N2C(=O)c3cccc(NCCOCCOCCN4CCN(Cc5ccc6c(c5)nc(NC(=O)c5cccc(C(F)(F)F)c5)n6[C@H]5CC[C@@H](CO)CC5)CC4)c3C2=O)C(=O)N1. The number of hydrogen-bond donors (Lipinski definition) is 4. The zero-order valence-corrected chi connectivity index (χ0v) is 35.9. The summed E-state index contributed by atoms with van der Waals surface area (Å²) < 4.78 is 53.8. The molecule has 8 rings (SSSR count). The number of anilines is 2. The number of fused-ring (bicyclic) bond motifs is 2. The Morgan fingerprint density at radius 3 is 2.32 bits per heavy atom. The van der Waals surface area contributed by atoms with E-state index in [0.29, 0.717) is 56.7 Å². The van der Waals surface area contributed by atoms with E-state index in [-0.39, 0.29) is 48.1 Å². The van der Waals surface area contributed by atoms with Gasteiger partial charge in [0.2, 0.25) is 17.8 Å². The van der Waals surface area contributed by atoms with E-state index in [9.17, 15) is 42.3 Å². The minimum Gasteiger partial charge on any atom is -0.396 e. The fourth-order valence-corrected chi connectivity index (χ4v) is 9.16. The Morgan fingerprint density at radius 1 is 0.846 bits per heavy atom. The van der Waals surface area contributed by atoms with Crippen LogP contribution in [0.15, 0.2) is 60.7 Å². The van der Waals surface area contributed by atoms with Crippen molar-refractivity contribution >= 4 is 52.2 Å². The van der Waals surface area contributed by atoms with Crippen LogP contribution in [0, 0.1) is 5.92 Å². The number of alkyl halides is 3. The molecule has 1 unspecified atom stereocenters. The van der Waals surface area contributed by atoms with E-state index in [1.807, 2.05) is 16.7 Å². The van der Waals surface area contributed by atoms with Crippen LogP contribution in [-0.4, -0.2) is 137 Å². The van der Waals surface area contributed by atoms with Crippen LogP contribution in [0.3, 0.4) is 0 Å². The lowest BCUT2D eigenvalue weighted by molar-refractivity contribution is -0.138. The van der Waals surface area contributed by atoms with Crippen molar-refractivity contribution in [3.8, 4) is 0 Å². The number of aliphatic hydroxyl groups is 1. The van der Waals surface area contributed by atoms with Crippen LogP contribution >= 0.6 is 0 Å². The standard InChI is InChI=1S/C46H53F3N8O8/c47-46(48,49)32-4-1-3-31(26-32)41(60)53-45-51-36-25-30(9-12-37(36)56(45)33-10-7-29(28-58)8-11-33)27-55-18-16-54(17-19-55)20-22-65-24-23-64-21-15-50-35-6-2-5-34-40(35)44(63)57(43(34)62)38-13-14-39(59)52-42(38)61/h1-6,9,12,25-26,29,33,38,50,58H,7-8,10-11,13-24,27-28H2,(H,51,53,60)(H,52,59,61)/t29-,33+,38?. The summed E-state index contributed by atoms with van der Waals surface area (Å²) in [6.07, 6.45) is -1.26. The monoisotopic (exact) mass is 902 g/mol. The predicted octanol–water partition coefficient (Wildman–Crippen LogP) is 4.70. The lowest BCUT2D eigenvalue weighted by Gasteiger charge is -2.34. The van der Waals surface area contributed by atoms with Crippen LogP contribution in [0.25, 0.3) is 11.0 Å². The number of carbonyl (C=O) groups is 5. The molecule has 19 heteroatoms. The average Bonchev–Trinajstić information content (AvgIpc) is 3.78. The van der Waals surface area contributed by atoms with Gasteiger partial charge in [-0.15, -0.1) is 0 Å². The summed E-state index contributed by atoms with van der Waals surface area (Å²) in [7, 11) is 0. The van der Waals surface area contributed by atoms with Gasteiger partial charge in [-0.3, -0.25) is 49.3 Å². The predicted molar refractivity (Wildman–Crippen MR) is 232 cm³/mol. The number of nitrogens with zero attached hydrogens (tertiary/aromatic N) is 5. The first-order valence-electron chi connectivity index (χ1n) is 22.2.